The average molecular weight is 297 g/mol. The molecule has 2 aromatic rings. The van der Waals surface area contributed by atoms with Gasteiger partial charge in [-0.05, 0) is 42.2 Å². The second-order valence-electron chi connectivity index (χ2n) is 6.56. The van der Waals surface area contributed by atoms with Crippen LogP contribution in [0.25, 0.3) is 0 Å². The second-order valence-corrected chi connectivity index (χ2v) is 6.56. The van der Waals surface area contributed by atoms with E-state index >= 15 is 0 Å². The molecule has 3 rings (SSSR count). The predicted molar refractivity (Wildman–Crippen MR) is 87.8 cm³/mol. The fraction of sp³-hybridized carbons (Fsp3) is 0.368. The molecule has 0 fully saturated rings. The number of aliphatic hydroxyl groups excluding tert-OH is 1. The number of benzene rings is 2. The smallest absolute Gasteiger partial charge is 0.123 e. The molecule has 1 aliphatic rings. The number of rotatable bonds is 5. The number of hydrogen-bond donors (Lipinski definition) is 2. The standard InChI is InChI=1S/C19H23NO2/c1-19(2)10-17-9-15(6-7-18(17)22-19)12-20-11-14-4-3-5-16(8-14)13-21/h3-9,20-21H,10-13H2,1-2H3. The molecular weight excluding hydrogens is 274 g/mol. The lowest BCUT2D eigenvalue weighted by atomic mass is 10.0. The summed E-state index contributed by atoms with van der Waals surface area (Å²) in [6.45, 7) is 5.97. The van der Waals surface area contributed by atoms with Gasteiger partial charge in [0.2, 0.25) is 0 Å². The first kappa shape index (κ1) is 15.1. The van der Waals surface area contributed by atoms with Crippen molar-refractivity contribution in [2.75, 3.05) is 0 Å². The molecule has 0 radical (unpaired) electrons. The molecule has 0 spiro atoms. The minimum atomic E-state index is -0.0842. The molecule has 22 heavy (non-hydrogen) atoms. The zero-order chi connectivity index (χ0) is 15.6. The van der Waals surface area contributed by atoms with E-state index in [1.165, 1.54) is 16.7 Å². The van der Waals surface area contributed by atoms with Crippen LogP contribution in [0.5, 0.6) is 5.75 Å². The fourth-order valence-corrected chi connectivity index (χ4v) is 2.96. The quantitative estimate of drug-likeness (QED) is 0.890. The van der Waals surface area contributed by atoms with Crippen molar-refractivity contribution >= 4 is 0 Å². The molecule has 1 heterocycles. The SMILES string of the molecule is CC1(C)Cc2cc(CNCc3cccc(CO)c3)ccc2O1. The van der Waals surface area contributed by atoms with Gasteiger partial charge in [0.15, 0.2) is 0 Å². The van der Waals surface area contributed by atoms with Crippen LogP contribution in [0, 0.1) is 0 Å². The highest BCUT2D eigenvalue weighted by molar-refractivity contribution is 5.41. The molecule has 0 atom stereocenters. The van der Waals surface area contributed by atoms with Gasteiger partial charge in [0, 0.05) is 19.5 Å². The topological polar surface area (TPSA) is 41.5 Å². The lowest BCUT2D eigenvalue weighted by molar-refractivity contribution is 0.138. The third-order valence-electron chi connectivity index (χ3n) is 3.96. The highest BCUT2D eigenvalue weighted by Gasteiger charge is 2.29. The van der Waals surface area contributed by atoms with Crippen LogP contribution in [0.3, 0.4) is 0 Å². The molecule has 0 aromatic heterocycles. The highest BCUT2D eigenvalue weighted by atomic mass is 16.5. The summed E-state index contributed by atoms with van der Waals surface area (Å²) in [7, 11) is 0. The van der Waals surface area contributed by atoms with Crippen LogP contribution in [-0.4, -0.2) is 10.7 Å². The molecule has 116 valence electrons. The van der Waals surface area contributed by atoms with E-state index in [4.69, 9.17) is 9.84 Å². The minimum Gasteiger partial charge on any atom is -0.487 e. The molecule has 0 saturated heterocycles. The number of ether oxygens (including phenoxy) is 1. The van der Waals surface area contributed by atoms with E-state index in [1.807, 2.05) is 18.2 Å². The Morgan fingerprint density at radius 2 is 1.77 bits per heavy atom. The number of nitrogens with one attached hydrogen (secondary N) is 1. The van der Waals surface area contributed by atoms with Gasteiger partial charge in [0.1, 0.15) is 11.4 Å². The van der Waals surface area contributed by atoms with Gasteiger partial charge in [-0.2, -0.15) is 0 Å². The number of fused-ring (bicyclic) bond motifs is 1. The van der Waals surface area contributed by atoms with E-state index in [1.54, 1.807) is 0 Å². The summed E-state index contributed by atoms with van der Waals surface area (Å²) >= 11 is 0. The van der Waals surface area contributed by atoms with Crippen molar-refractivity contribution in [3.8, 4) is 5.75 Å². The van der Waals surface area contributed by atoms with Crippen molar-refractivity contribution in [3.63, 3.8) is 0 Å². The van der Waals surface area contributed by atoms with Gasteiger partial charge < -0.3 is 15.2 Å². The Balaban J connectivity index is 1.59. The highest BCUT2D eigenvalue weighted by Crippen LogP contribution is 2.35. The summed E-state index contributed by atoms with van der Waals surface area (Å²) in [6.07, 6.45) is 0.967. The summed E-state index contributed by atoms with van der Waals surface area (Å²) in [4.78, 5) is 0. The third-order valence-corrected chi connectivity index (χ3v) is 3.96. The molecule has 0 unspecified atom stereocenters. The fourth-order valence-electron chi connectivity index (χ4n) is 2.96. The van der Waals surface area contributed by atoms with Crippen molar-refractivity contribution in [2.24, 2.45) is 0 Å². The summed E-state index contributed by atoms with van der Waals surface area (Å²) in [6, 6.07) is 14.5. The Bertz CT molecular complexity index is 664. The van der Waals surface area contributed by atoms with Crippen LogP contribution in [0.2, 0.25) is 0 Å². The second kappa shape index (κ2) is 6.11. The van der Waals surface area contributed by atoms with Crippen molar-refractivity contribution in [2.45, 2.75) is 45.6 Å². The molecule has 0 amide bonds. The summed E-state index contributed by atoms with van der Waals surface area (Å²) in [5, 5.41) is 12.6. The Morgan fingerprint density at radius 1 is 1.05 bits per heavy atom. The Morgan fingerprint density at radius 3 is 2.55 bits per heavy atom. The lowest BCUT2D eigenvalue weighted by Gasteiger charge is -2.16. The maximum absolute atomic E-state index is 9.17. The van der Waals surface area contributed by atoms with E-state index in [2.05, 4.69) is 43.4 Å². The van der Waals surface area contributed by atoms with Gasteiger partial charge in [-0.3, -0.25) is 0 Å². The van der Waals surface area contributed by atoms with Gasteiger partial charge in [0.05, 0.1) is 6.61 Å². The number of aliphatic hydroxyl groups is 1. The molecule has 1 aliphatic heterocycles. The Hall–Kier alpha value is -1.84. The van der Waals surface area contributed by atoms with E-state index in [0.29, 0.717) is 0 Å². The van der Waals surface area contributed by atoms with E-state index in [-0.39, 0.29) is 12.2 Å². The summed E-state index contributed by atoms with van der Waals surface area (Å²) in [5.74, 6) is 1.02. The first-order valence-corrected chi connectivity index (χ1v) is 7.76. The van der Waals surface area contributed by atoms with Crippen LogP contribution in [0.4, 0.5) is 0 Å². The van der Waals surface area contributed by atoms with Gasteiger partial charge in [-0.25, -0.2) is 0 Å². The number of hydrogen-bond acceptors (Lipinski definition) is 3. The van der Waals surface area contributed by atoms with Gasteiger partial charge in [-0.1, -0.05) is 36.4 Å². The van der Waals surface area contributed by atoms with Crippen LogP contribution < -0.4 is 10.1 Å². The van der Waals surface area contributed by atoms with E-state index in [0.717, 1.165) is 30.8 Å². The van der Waals surface area contributed by atoms with Gasteiger partial charge in [-0.15, -0.1) is 0 Å². The van der Waals surface area contributed by atoms with Crippen LogP contribution >= 0.6 is 0 Å². The maximum atomic E-state index is 9.17. The van der Waals surface area contributed by atoms with Gasteiger partial charge in [0.25, 0.3) is 0 Å². The van der Waals surface area contributed by atoms with Crippen molar-refractivity contribution in [1.29, 1.82) is 0 Å². The molecule has 0 bridgehead atoms. The minimum absolute atomic E-state index is 0.0842. The van der Waals surface area contributed by atoms with Crippen LogP contribution in [0.1, 0.15) is 36.1 Å². The molecule has 0 saturated carbocycles. The first-order chi connectivity index (χ1) is 10.6. The average Bonchev–Trinajstić information content (AvgIpc) is 2.80. The molecule has 2 aromatic carbocycles. The molecule has 3 nitrogen and oxygen atoms in total. The van der Waals surface area contributed by atoms with E-state index in [9.17, 15) is 0 Å². The normalized spacial score (nSPS) is 15.4. The van der Waals surface area contributed by atoms with Crippen LogP contribution in [-0.2, 0) is 26.1 Å². The molecule has 0 aliphatic carbocycles. The summed E-state index contributed by atoms with van der Waals surface area (Å²) in [5.41, 5.74) is 4.64. The Kier molecular flexibility index (Phi) is 4.19. The lowest BCUT2D eigenvalue weighted by Crippen LogP contribution is -2.24. The largest absolute Gasteiger partial charge is 0.487 e. The first-order valence-electron chi connectivity index (χ1n) is 7.76. The van der Waals surface area contributed by atoms with Crippen LogP contribution in [0.15, 0.2) is 42.5 Å². The van der Waals surface area contributed by atoms with Crippen molar-refractivity contribution < 1.29 is 9.84 Å². The molecule has 2 N–H and O–H groups in total. The zero-order valence-electron chi connectivity index (χ0n) is 13.2. The van der Waals surface area contributed by atoms with E-state index < -0.39 is 0 Å². The predicted octanol–water partition coefficient (Wildman–Crippen LogP) is 3.18. The summed E-state index contributed by atoms with van der Waals surface area (Å²) < 4.78 is 5.90. The van der Waals surface area contributed by atoms with Crippen molar-refractivity contribution in [3.05, 3.63) is 64.7 Å². The zero-order valence-corrected chi connectivity index (χ0v) is 13.2. The molecule has 3 heteroatoms. The molecular formula is C19H23NO2. The van der Waals surface area contributed by atoms with Crippen molar-refractivity contribution in [1.82, 2.24) is 5.32 Å². The van der Waals surface area contributed by atoms with Gasteiger partial charge >= 0.3 is 0 Å². The monoisotopic (exact) mass is 297 g/mol. The Labute approximate surface area is 131 Å². The third kappa shape index (κ3) is 3.49. The maximum Gasteiger partial charge on any atom is 0.123 e.